The van der Waals surface area contributed by atoms with Crippen LogP contribution in [-0.2, 0) is 26.1 Å². The zero-order valence-electron chi connectivity index (χ0n) is 15.8. The maximum Gasteiger partial charge on any atom is 0.107 e. The van der Waals surface area contributed by atoms with Crippen molar-refractivity contribution in [2.45, 2.75) is 45.3 Å². The molecule has 2 aliphatic rings. The van der Waals surface area contributed by atoms with Crippen LogP contribution >= 0.6 is 0 Å². The van der Waals surface area contributed by atoms with E-state index in [2.05, 4.69) is 50.2 Å². The van der Waals surface area contributed by atoms with E-state index in [9.17, 15) is 0 Å². The van der Waals surface area contributed by atoms with E-state index < -0.39 is 0 Å². The van der Waals surface area contributed by atoms with Crippen molar-refractivity contribution in [1.82, 2.24) is 30.0 Å². The molecule has 0 amide bonds. The number of para-hydroxylation sites is 2. The predicted octanol–water partition coefficient (Wildman–Crippen LogP) is 2.71. The highest BCUT2D eigenvalue weighted by atomic mass is 15.3. The maximum atomic E-state index is 4.86. The zero-order valence-corrected chi connectivity index (χ0v) is 15.8. The Hall–Kier alpha value is -2.18. The minimum absolute atomic E-state index is 0.668. The number of hydrogen-bond acceptors (Lipinski definition) is 4. The number of aromatic nitrogens is 4. The number of imidazole rings is 1. The predicted molar refractivity (Wildman–Crippen MR) is 106 cm³/mol. The highest BCUT2D eigenvalue weighted by Crippen LogP contribution is 2.23. The number of aryl methyl sites for hydroxylation is 1. The van der Waals surface area contributed by atoms with Crippen LogP contribution in [0.15, 0.2) is 30.3 Å². The molecule has 0 radical (unpaired) electrons. The van der Waals surface area contributed by atoms with Gasteiger partial charge in [-0.15, -0.1) is 0 Å². The molecule has 1 saturated heterocycles. The average Bonchev–Trinajstić information content (AvgIpc) is 3.18. The van der Waals surface area contributed by atoms with Crippen molar-refractivity contribution in [2.24, 2.45) is 5.92 Å². The SMILES string of the molecule is c1ccc2[nH]c(CC3CCCN(Cc4cc5n(n4)CCCNC5)C3)nc2c1. The Morgan fingerprint density at radius 3 is 3.07 bits per heavy atom. The number of benzene rings is 1. The molecule has 1 unspecified atom stereocenters. The fourth-order valence-corrected chi connectivity index (χ4v) is 4.56. The molecule has 2 N–H and O–H groups in total. The lowest BCUT2D eigenvalue weighted by atomic mass is 9.94. The highest BCUT2D eigenvalue weighted by Gasteiger charge is 2.22. The zero-order chi connectivity index (χ0) is 18.1. The van der Waals surface area contributed by atoms with Crippen LogP contribution in [0.5, 0.6) is 0 Å². The van der Waals surface area contributed by atoms with Crippen molar-refractivity contribution in [1.29, 1.82) is 0 Å². The van der Waals surface area contributed by atoms with E-state index in [1.54, 1.807) is 0 Å². The molecular formula is C21H28N6. The van der Waals surface area contributed by atoms with E-state index in [0.29, 0.717) is 5.92 Å². The van der Waals surface area contributed by atoms with Gasteiger partial charge in [0, 0.05) is 32.6 Å². The first kappa shape index (κ1) is 17.0. The lowest BCUT2D eigenvalue weighted by molar-refractivity contribution is 0.164. The van der Waals surface area contributed by atoms with E-state index in [4.69, 9.17) is 10.1 Å². The van der Waals surface area contributed by atoms with E-state index in [-0.39, 0.29) is 0 Å². The van der Waals surface area contributed by atoms with Crippen molar-refractivity contribution in [3.8, 4) is 0 Å². The Morgan fingerprint density at radius 1 is 1.15 bits per heavy atom. The van der Waals surface area contributed by atoms with Crippen LogP contribution in [0.25, 0.3) is 11.0 Å². The summed E-state index contributed by atoms with van der Waals surface area (Å²) in [6.45, 7) is 6.36. The van der Waals surface area contributed by atoms with E-state index in [1.165, 1.54) is 30.8 Å². The van der Waals surface area contributed by atoms with Crippen LogP contribution < -0.4 is 5.32 Å². The van der Waals surface area contributed by atoms with Gasteiger partial charge in [0.15, 0.2) is 0 Å². The molecule has 3 aromatic rings. The van der Waals surface area contributed by atoms with Gasteiger partial charge in [0.05, 0.1) is 22.4 Å². The summed E-state index contributed by atoms with van der Waals surface area (Å²) >= 11 is 0. The summed E-state index contributed by atoms with van der Waals surface area (Å²) in [5, 5.41) is 8.34. The number of hydrogen-bond donors (Lipinski definition) is 2. The van der Waals surface area contributed by atoms with Crippen molar-refractivity contribution in [3.05, 3.63) is 47.5 Å². The van der Waals surface area contributed by atoms with Gasteiger partial charge in [-0.1, -0.05) is 12.1 Å². The Bertz CT molecular complexity index is 854. The van der Waals surface area contributed by atoms with Gasteiger partial charge in [-0.3, -0.25) is 9.58 Å². The van der Waals surface area contributed by atoms with Crippen LogP contribution in [-0.4, -0.2) is 44.3 Å². The molecule has 0 aliphatic carbocycles. The monoisotopic (exact) mass is 364 g/mol. The minimum atomic E-state index is 0.668. The van der Waals surface area contributed by atoms with Crippen molar-refractivity contribution < 1.29 is 0 Å². The summed E-state index contributed by atoms with van der Waals surface area (Å²) in [5.41, 5.74) is 4.78. The molecule has 6 heteroatoms. The Morgan fingerprint density at radius 2 is 2.11 bits per heavy atom. The molecule has 2 aliphatic heterocycles. The Labute approximate surface area is 160 Å². The number of H-pyrrole nitrogens is 1. The van der Waals surface area contributed by atoms with Gasteiger partial charge in [0.2, 0.25) is 0 Å². The van der Waals surface area contributed by atoms with Gasteiger partial charge in [0.1, 0.15) is 5.82 Å². The number of fused-ring (bicyclic) bond motifs is 2. The fourth-order valence-electron chi connectivity index (χ4n) is 4.56. The van der Waals surface area contributed by atoms with Gasteiger partial charge in [-0.05, 0) is 56.5 Å². The summed E-state index contributed by atoms with van der Waals surface area (Å²) in [5.74, 6) is 1.80. The molecule has 6 nitrogen and oxygen atoms in total. The molecule has 142 valence electrons. The van der Waals surface area contributed by atoms with Gasteiger partial charge < -0.3 is 10.3 Å². The fraction of sp³-hybridized carbons (Fsp3) is 0.524. The van der Waals surface area contributed by atoms with Crippen molar-refractivity contribution in [2.75, 3.05) is 19.6 Å². The molecule has 2 aromatic heterocycles. The minimum Gasteiger partial charge on any atom is -0.342 e. The third kappa shape index (κ3) is 3.77. The molecule has 1 aromatic carbocycles. The van der Waals surface area contributed by atoms with Gasteiger partial charge >= 0.3 is 0 Å². The summed E-state index contributed by atoms with van der Waals surface area (Å²) in [6, 6.07) is 10.6. The highest BCUT2D eigenvalue weighted by molar-refractivity contribution is 5.74. The Kier molecular flexibility index (Phi) is 4.67. The van der Waals surface area contributed by atoms with Gasteiger partial charge in [-0.25, -0.2) is 4.98 Å². The third-order valence-electron chi connectivity index (χ3n) is 5.85. The van der Waals surface area contributed by atoms with E-state index >= 15 is 0 Å². The number of aromatic amines is 1. The number of rotatable bonds is 4. The van der Waals surface area contributed by atoms with Crippen LogP contribution in [0.2, 0.25) is 0 Å². The van der Waals surface area contributed by atoms with Gasteiger partial charge in [-0.2, -0.15) is 5.10 Å². The topological polar surface area (TPSA) is 61.8 Å². The molecule has 27 heavy (non-hydrogen) atoms. The molecule has 0 spiro atoms. The van der Waals surface area contributed by atoms with Gasteiger partial charge in [0.25, 0.3) is 0 Å². The number of nitrogens with one attached hydrogen (secondary N) is 2. The summed E-state index contributed by atoms with van der Waals surface area (Å²) in [6.07, 6.45) is 4.75. The number of nitrogens with zero attached hydrogens (tertiary/aromatic N) is 4. The third-order valence-corrected chi connectivity index (χ3v) is 5.85. The molecule has 1 atom stereocenters. The largest absolute Gasteiger partial charge is 0.342 e. The maximum absolute atomic E-state index is 4.86. The smallest absolute Gasteiger partial charge is 0.107 e. The summed E-state index contributed by atoms with van der Waals surface area (Å²) in [7, 11) is 0. The molecule has 5 rings (SSSR count). The van der Waals surface area contributed by atoms with Crippen molar-refractivity contribution >= 4 is 11.0 Å². The Balaban J connectivity index is 1.23. The normalized spacial score (nSPS) is 21.3. The van der Waals surface area contributed by atoms with Crippen LogP contribution in [0.4, 0.5) is 0 Å². The second-order valence-electron chi connectivity index (χ2n) is 8.03. The first-order chi connectivity index (χ1) is 13.3. The lowest BCUT2D eigenvalue weighted by Gasteiger charge is -2.31. The van der Waals surface area contributed by atoms with Crippen LogP contribution in [0.3, 0.4) is 0 Å². The molecule has 4 heterocycles. The van der Waals surface area contributed by atoms with Crippen molar-refractivity contribution in [3.63, 3.8) is 0 Å². The second-order valence-corrected chi connectivity index (χ2v) is 8.03. The lowest BCUT2D eigenvalue weighted by Crippen LogP contribution is -2.36. The standard InChI is InChI=1S/C21H28N6/c1-2-7-20-19(6-1)23-21(24-20)11-16-5-3-9-26(14-16)15-17-12-18-13-22-8-4-10-27(18)25-17/h1-2,6-7,12,16,22H,3-5,8-11,13-15H2,(H,23,24). The van der Waals surface area contributed by atoms with Crippen LogP contribution in [0, 0.1) is 5.92 Å². The first-order valence-electron chi connectivity index (χ1n) is 10.3. The second kappa shape index (κ2) is 7.44. The number of likely N-dealkylation sites (tertiary alicyclic amines) is 1. The van der Waals surface area contributed by atoms with E-state index in [0.717, 1.165) is 62.4 Å². The first-order valence-corrected chi connectivity index (χ1v) is 10.3. The summed E-state index contributed by atoms with van der Waals surface area (Å²) in [4.78, 5) is 10.8. The summed E-state index contributed by atoms with van der Waals surface area (Å²) < 4.78 is 2.20. The van der Waals surface area contributed by atoms with Crippen LogP contribution in [0.1, 0.15) is 36.5 Å². The van der Waals surface area contributed by atoms with E-state index in [1.807, 2.05) is 0 Å². The quantitative estimate of drug-likeness (QED) is 0.747. The molecule has 0 saturated carbocycles. The molecule has 1 fully saturated rings. The number of piperidine rings is 1. The average molecular weight is 364 g/mol. The molecule has 0 bridgehead atoms. The molecular weight excluding hydrogens is 336 g/mol.